The molecule has 0 aromatic heterocycles. The van der Waals surface area contributed by atoms with Gasteiger partial charge in [-0.05, 0) is 56.8 Å². The van der Waals surface area contributed by atoms with E-state index in [0.717, 1.165) is 38.8 Å². The van der Waals surface area contributed by atoms with Crippen LogP contribution in [0.4, 0.5) is 0 Å². The highest BCUT2D eigenvalue weighted by Crippen LogP contribution is 2.29. The van der Waals surface area contributed by atoms with Gasteiger partial charge in [-0.25, -0.2) is 0 Å². The van der Waals surface area contributed by atoms with Gasteiger partial charge in [-0.3, -0.25) is 4.79 Å². The first-order valence-corrected chi connectivity index (χ1v) is 8.11. The SMILES string of the molecule is CCOc1cc(CCCN)ccc1OCC(=O)N1CCCC1. The molecule has 1 aromatic carbocycles. The zero-order valence-electron chi connectivity index (χ0n) is 13.3. The van der Waals surface area contributed by atoms with E-state index in [2.05, 4.69) is 0 Å². The van der Waals surface area contributed by atoms with Crippen molar-refractivity contribution in [3.8, 4) is 11.5 Å². The summed E-state index contributed by atoms with van der Waals surface area (Å²) in [6, 6.07) is 5.87. The van der Waals surface area contributed by atoms with Gasteiger partial charge in [0.05, 0.1) is 6.61 Å². The van der Waals surface area contributed by atoms with Crippen LogP contribution in [0.25, 0.3) is 0 Å². The van der Waals surface area contributed by atoms with Crippen LogP contribution in [0.1, 0.15) is 31.7 Å². The second-order valence-electron chi connectivity index (χ2n) is 5.48. The van der Waals surface area contributed by atoms with Crippen LogP contribution in [0, 0.1) is 0 Å². The Hall–Kier alpha value is -1.75. The summed E-state index contributed by atoms with van der Waals surface area (Å²) in [4.78, 5) is 13.9. The molecule has 1 saturated heterocycles. The van der Waals surface area contributed by atoms with Crippen LogP contribution in [-0.2, 0) is 11.2 Å². The Labute approximate surface area is 132 Å². The van der Waals surface area contributed by atoms with E-state index in [1.54, 1.807) is 0 Å². The number of likely N-dealkylation sites (tertiary alicyclic amines) is 1. The van der Waals surface area contributed by atoms with Crippen molar-refractivity contribution in [2.45, 2.75) is 32.6 Å². The minimum atomic E-state index is 0.0483. The molecule has 0 atom stereocenters. The van der Waals surface area contributed by atoms with E-state index in [1.165, 1.54) is 5.56 Å². The highest BCUT2D eigenvalue weighted by atomic mass is 16.5. The molecule has 0 unspecified atom stereocenters. The Morgan fingerprint density at radius 2 is 2.00 bits per heavy atom. The third-order valence-corrected chi connectivity index (χ3v) is 3.79. The fraction of sp³-hybridized carbons (Fsp3) is 0.588. The quantitative estimate of drug-likeness (QED) is 0.797. The Balaban J connectivity index is 1.97. The predicted molar refractivity (Wildman–Crippen MR) is 86.3 cm³/mol. The molecule has 1 amide bonds. The highest BCUT2D eigenvalue weighted by molar-refractivity contribution is 5.78. The normalized spacial score (nSPS) is 14.2. The molecule has 5 heteroatoms. The molecule has 0 radical (unpaired) electrons. The molecule has 0 spiro atoms. The van der Waals surface area contributed by atoms with E-state index in [0.29, 0.717) is 24.7 Å². The third kappa shape index (κ3) is 4.63. The second kappa shape index (κ2) is 8.63. The zero-order valence-corrected chi connectivity index (χ0v) is 13.3. The zero-order chi connectivity index (χ0) is 15.8. The summed E-state index contributed by atoms with van der Waals surface area (Å²) in [7, 11) is 0. The molecule has 2 rings (SSSR count). The lowest BCUT2D eigenvalue weighted by molar-refractivity contribution is -0.132. The molecule has 0 bridgehead atoms. The van der Waals surface area contributed by atoms with Gasteiger partial charge in [0.15, 0.2) is 18.1 Å². The van der Waals surface area contributed by atoms with E-state index in [1.807, 2.05) is 30.0 Å². The molecule has 122 valence electrons. The number of nitrogens with zero attached hydrogens (tertiary/aromatic N) is 1. The third-order valence-electron chi connectivity index (χ3n) is 3.79. The molecular weight excluding hydrogens is 280 g/mol. The summed E-state index contributed by atoms with van der Waals surface area (Å²) in [6.07, 6.45) is 4.04. The summed E-state index contributed by atoms with van der Waals surface area (Å²) in [5, 5.41) is 0. The fourth-order valence-electron chi connectivity index (χ4n) is 2.60. The summed E-state index contributed by atoms with van der Waals surface area (Å²) in [6.45, 7) is 4.94. The second-order valence-corrected chi connectivity index (χ2v) is 5.48. The van der Waals surface area contributed by atoms with Crippen molar-refractivity contribution >= 4 is 5.91 Å². The Morgan fingerprint density at radius 3 is 2.68 bits per heavy atom. The van der Waals surface area contributed by atoms with E-state index < -0.39 is 0 Å². The van der Waals surface area contributed by atoms with Crippen molar-refractivity contribution in [1.82, 2.24) is 4.90 Å². The smallest absolute Gasteiger partial charge is 0.260 e. The van der Waals surface area contributed by atoms with E-state index >= 15 is 0 Å². The average Bonchev–Trinajstić information content (AvgIpc) is 3.06. The average molecular weight is 306 g/mol. The number of amides is 1. The van der Waals surface area contributed by atoms with Gasteiger partial charge in [-0.1, -0.05) is 6.07 Å². The highest BCUT2D eigenvalue weighted by Gasteiger charge is 2.18. The summed E-state index contributed by atoms with van der Waals surface area (Å²) >= 11 is 0. The number of carbonyl (C=O) groups excluding carboxylic acids is 1. The number of benzene rings is 1. The molecule has 1 aliphatic heterocycles. The van der Waals surface area contributed by atoms with Crippen LogP contribution in [0.15, 0.2) is 18.2 Å². The lowest BCUT2D eigenvalue weighted by Crippen LogP contribution is -2.32. The summed E-state index contributed by atoms with van der Waals surface area (Å²) in [5.74, 6) is 1.38. The Kier molecular flexibility index (Phi) is 6.52. The van der Waals surface area contributed by atoms with Crippen molar-refractivity contribution in [1.29, 1.82) is 0 Å². The molecule has 5 nitrogen and oxygen atoms in total. The Bertz CT molecular complexity index is 485. The first-order chi connectivity index (χ1) is 10.7. The minimum absolute atomic E-state index is 0.0483. The topological polar surface area (TPSA) is 64.8 Å². The molecule has 22 heavy (non-hydrogen) atoms. The largest absolute Gasteiger partial charge is 0.490 e. The standard InChI is InChI=1S/C17H26N2O3/c1-2-21-16-12-14(6-5-9-18)7-8-15(16)22-13-17(20)19-10-3-4-11-19/h7-8,12H,2-6,9-11,13,18H2,1H3. The monoisotopic (exact) mass is 306 g/mol. The summed E-state index contributed by atoms with van der Waals surface area (Å²) < 4.78 is 11.3. The van der Waals surface area contributed by atoms with Gasteiger partial charge >= 0.3 is 0 Å². The van der Waals surface area contributed by atoms with E-state index in [9.17, 15) is 4.79 Å². The number of carbonyl (C=O) groups is 1. The van der Waals surface area contributed by atoms with Crippen molar-refractivity contribution < 1.29 is 14.3 Å². The number of hydrogen-bond donors (Lipinski definition) is 1. The van der Waals surface area contributed by atoms with Gasteiger partial charge in [0.25, 0.3) is 5.91 Å². The maximum Gasteiger partial charge on any atom is 0.260 e. The van der Waals surface area contributed by atoms with Crippen LogP contribution in [-0.4, -0.2) is 43.7 Å². The van der Waals surface area contributed by atoms with Crippen molar-refractivity contribution in [3.63, 3.8) is 0 Å². The van der Waals surface area contributed by atoms with Crippen molar-refractivity contribution in [3.05, 3.63) is 23.8 Å². The molecule has 0 aliphatic carbocycles. The van der Waals surface area contributed by atoms with Gasteiger partial charge in [0.2, 0.25) is 0 Å². The molecule has 0 saturated carbocycles. The fourth-order valence-corrected chi connectivity index (χ4v) is 2.60. The van der Waals surface area contributed by atoms with Gasteiger partial charge in [0, 0.05) is 13.1 Å². The first kappa shape index (κ1) is 16.6. The van der Waals surface area contributed by atoms with Crippen molar-refractivity contribution in [2.75, 3.05) is 32.8 Å². The van der Waals surface area contributed by atoms with Gasteiger partial charge in [-0.15, -0.1) is 0 Å². The van der Waals surface area contributed by atoms with Crippen LogP contribution in [0.3, 0.4) is 0 Å². The van der Waals surface area contributed by atoms with Gasteiger partial charge < -0.3 is 20.1 Å². The minimum Gasteiger partial charge on any atom is -0.490 e. The van der Waals surface area contributed by atoms with Crippen molar-refractivity contribution in [2.24, 2.45) is 5.73 Å². The molecule has 2 N–H and O–H groups in total. The Morgan fingerprint density at radius 1 is 1.23 bits per heavy atom. The number of aryl methyl sites for hydroxylation is 1. The summed E-state index contributed by atoms with van der Waals surface area (Å²) in [5.41, 5.74) is 6.72. The van der Waals surface area contributed by atoms with Crippen LogP contribution in [0.2, 0.25) is 0 Å². The maximum absolute atomic E-state index is 12.0. The number of hydrogen-bond acceptors (Lipinski definition) is 4. The first-order valence-electron chi connectivity index (χ1n) is 8.11. The molecular formula is C17H26N2O3. The van der Waals surface area contributed by atoms with Gasteiger partial charge in [0.1, 0.15) is 0 Å². The molecule has 1 aromatic rings. The molecule has 1 heterocycles. The lowest BCUT2D eigenvalue weighted by atomic mass is 10.1. The van der Waals surface area contributed by atoms with E-state index in [-0.39, 0.29) is 12.5 Å². The predicted octanol–water partition coefficient (Wildman–Crippen LogP) is 1.98. The molecule has 1 fully saturated rings. The molecule has 1 aliphatic rings. The lowest BCUT2D eigenvalue weighted by Gasteiger charge is -2.17. The van der Waals surface area contributed by atoms with Crippen LogP contribution >= 0.6 is 0 Å². The number of nitrogens with two attached hydrogens (primary N) is 1. The van der Waals surface area contributed by atoms with Crippen LogP contribution < -0.4 is 15.2 Å². The number of ether oxygens (including phenoxy) is 2. The number of rotatable bonds is 8. The van der Waals surface area contributed by atoms with E-state index in [4.69, 9.17) is 15.2 Å². The van der Waals surface area contributed by atoms with Gasteiger partial charge in [-0.2, -0.15) is 0 Å². The maximum atomic E-state index is 12.0. The van der Waals surface area contributed by atoms with Crippen LogP contribution in [0.5, 0.6) is 11.5 Å².